The van der Waals surface area contributed by atoms with E-state index in [9.17, 15) is 9.59 Å². The summed E-state index contributed by atoms with van der Waals surface area (Å²) in [6, 6.07) is 5.13. The molecule has 0 aromatic carbocycles. The number of nitrogens with one attached hydrogen (secondary N) is 1. The Balaban J connectivity index is 1.90. The molecule has 1 N–H and O–H groups in total. The van der Waals surface area contributed by atoms with Crippen molar-refractivity contribution in [2.24, 2.45) is 0 Å². The van der Waals surface area contributed by atoms with E-state index in [0.29, 0.717) is 5.02 Å². The number of carbonyl (C=O) groups is 2. The van der Waals surface area contributed by atoms with Crippen molar-refractivity contribution in [2.45, 2.75) is 19.4 Å². The van der Waals surface area contributed by atoms with Crippen LogP contribution in [-0.2, 0) is 20.7 Å². The number of nitrogens with zero attached hydrogens (tertiary/aromatic N) is 1. The number of aromatic nitrogens is 1. The van der Waals surface area contributed by atoms with Crippen LogP contribution < -0.4 is 5.32 Å². The van der Waals surface area contributed by atoms with Crippen LogP contribution in [0.25, 0.3) is 0 Å². The molecular weight excluding hydrogens is 347 g/mol. The monoisotopic (exact) mass is 358 g/mol. The van der Waals surface area contributed by atoms with E-state index in [1.54, 1.807) is 0 Å². The summed E-state index contributed by atoms with van der Waals surface area (Å²) in [5.74, 6) is -0.825. The fraction of sp³-hybridized carbons (Fsp3) is 0.214. The average Bonchev–Trinajstić information content (AvgIpc) is 2.94. The molecule has 2 rings (SSSR count). The molecule has 0 saturated carbocycles. The predicted octanol–water partition coefficient (Wildman–Crippen LogP) is 3.56. The van der Waals surface area contributed by atoms with E-state index in [4.69, 9.17) is 27.9 Å². The first-order chi connectivity index (χ1) is 10.5. The van der Waals surface area contributed by atoms with Crippen LogP contribution in [0.4, 0.5) is 5.82 Å². The third-order valence-electron chi connectivity index (χ3n) is 2.63. The molecule has 0 bridgehead atoms. The molecule has 0 saturated heterocycles. The van der Waals surface area contributed by atoms with Gasteiger partial charge in [-0.1, -0.05) is 29.3 Å². The summed E-state index contributed by atoms with van der Waals surface area (Å²) in [6.45, 7) is 1.48. The van der Waals surface area contributed by atoms with Crippen LogP contribution in [0.15, 0.2) is 29.8 Å². The number of ether oxygens (including phenoxy) is 1. The van der Waals surface area contributed by atoms with E-state index in [1.807, 2.05) is 17.5 Å². The van der Waals surface area contributed by atoms with Gasteiger partial charge < -0.3 is 10.1 Å². The molecule has 8 heteroatoms. The Labute approximate surface area is 141 Å². The lowest BCUT2D eigenvalue weighted by atomic mass is 10.3. The third-order valence-corrected chi connectivity index (χ3v) is 4.00. The van der Waals surface area contributed by atoms with E-state index in [0.717, 1.165) is 4.88 Å². The van der Waals surface area contributed by atoms with Gasteiger partial charge in [0, 0.05) is 11.1 Å². The molecule has 0 spiro atoms. The summed E-state index contributed by atoms with van der Waals surface area (Å²) < 4.78 is 5.08. The van der Waals surface area contributed by atoms with Crippen molar-refractivity contribution in [1.82, 2.24) is 4.98 Å². The van der Waals surface area contributed by atoms with Crippen LogP contribution >= 0.6 is 34.5 Å². The summed E-state index contributed by atoms with van der Waals surface area (Å²) in [5, 5.41) is 4.92. The van der Waals surface area contributed by atoms with Gasteiger partial charge in [-0.3, -0.25) is 9.59 Å². The van der Waals surface area contributed by atoms with Gasteiger partial charge in [-0.2, -0.15) is 0 Å². The number of hydrogen-bond acceptors (Lipinski definition) is 5. The highest BCUT2D eigenvalue weighted by Gasteiger charge is 2.19. The minimum absolute atomic E-state index is 0.134. The molecule has 22 heavy (non-hydrogen) atoms. The molecule has 1 atom stereocenters. The molecule has 2 heterocycles. The Morgan fingerprint density at radius 3 is 2.86 bits per heavy atom. The molecule has 0 aliphatic heterocycles. The molecular formula is C14H12Cl2N2O3S. The highest BCUT2D eigenvalue weighted by molar-refractivity contribution is 7.10. The van der Waals surface area contributed by atoms with Gasteiger partial charge >= 0.3 is 5.97 Å². The third kappa shape index (κ3) is 4.69. The van der Waals surface area contributed by atoms with Gasteiger partial charge in [-0.25, -0.2) is 4.98 Å². The first-order valence-electron chi connectivity index (χ1n) is 6.29. The van der Waals surface area contributed by atoms with Crippen molar-refractivity contribution in [3.8, 4) is 0 Å². The second-order valence-electron chi connectivity index (χ2n) is 4.36. The first-order valence-corrected chi connectivity index (χ1v) is 7.93. The number of anilines is 1. The fourth-order valence-corrected chi connectivity index (χ4v) is 2.69. The van der Waals surface area contributed by atoms with Crippen molar-refractivity contribution in [3.63, 3.8) is 0 Å². The van der Waals surface area contributed by atoms with Crippen molar-refractivity contribution in [2.75, 3.05) is 5.32 Å². The Kier molecular flexibility index (Phi) is 5.76. The van der Waals surface area contributed by atoms with Crippen LogP contribution in [0.1, 0.15) is 11.8 Å². The molecule has 0 aliphatic rings. The maximum Gasteiger partial charge on any atom is 0.311 e. The van der Waals surface area contributed by atoms with Crippen LogP contribution in [0.5, 0.6) is 0 Å². The minimum atomic E-state index is -0.957. The zero-order chi connectivity index (χ0) is 16.1. The van der Waals surface area contributed by atoms with E-state index in [1.165, 1.54) is 30.5 Å². The number of thiophene rings is 1. The Morgan fingerprint density at radius 2 is 2.23 bits per heavy atom. The lowest BCUT2D eigenvalue weighted by Gasteiger charge is -2.13. The Bertz CT molecular complexity index is 677. The van der Waals surface area contributed by atoms with Crippen LogP contribution in [0.2, 0.25) is 10.0 Å². The lowest BCUT2D eigenvalue weighted by Crippen LogP contribution is -2.30. The number of pyridine rings is 1. The number of halogens is 2. The first kappa shape index (κ1) is 16.7. The highest BCUT2D eigenvalue weighted by atomic mass is 35.5. The van der Waals surface area contributed by atoms with Gasteiger partial charge in [0.1, 0.15) is 0 Å². The normalized spacial score (nSPS) is 11.8. The second-order valence-corrected chi connectivity index (χ2v) is 6.24. The Morgan fingerprint density at radius 1 is 1.45 bits per heavy atom. The molecule has 1 amide bonds. The summed E-state index contributed by atoms with van der Waals surface area (Å²) >= 11 is 13.1. The fourth-order valence-electron chi connectivity index (χ4n) is 1.57. The molecule has 0 fully saturated rings. The van der Waals surface area contributed by atoms with Crippen molar-refractivity contribution >= 4 is 52.2 Å². The quantitative estimate of drug-likeness (QED) is 0.829. The van der Waals surface area contributed by atoms with Gasteiger partial charge in [-0.05, 0) is 24.4 Å². The van der Waals surface area contributed by atoms with Crippen molar-refractivity contribution in [3.05, 3.63) is 44.7 Å². The van der Waals surface area contributed by atoms with Crippen LogP contribution in [-0.4, -0.2) is 23.0 Å². The maximum absolute atomic E-state index is 12.0. The molecule has 0 radical (unpaired) electrons. The van der Waals surface area contributed by atoms with Crippen molar-refractivity contribution < 1.29 is 14.3 Å². The average molecular weight is 359 g/mol. The molecule has 5 nitrogen and oxygen atoms in total. The maximum atomic E-state index is 12.0. The van der Waals surface area contributed by atoms with Gasteiger partial charge in [0.05, 0.1) is 16.5 Å². The standard InChI is InChI=1S/C14H12Cl2N2O3S/c1-8(21-12(19)6-10-3-2-4-22-10)14(20)18-13-11(16)5-9(15)7-17-13/h2-5,7-8H,6H2,1H3,(H,17,18,20). The van der Waals surface area contributed by atoms with E-state index >= 15 is 0 Å². The van der Waals surface area contributed by atoms with Crippen LogP contribution in [0.3, 0.4) is 0 Å². The van der Waals surface area contributed by atoms with Gasteiger partial charge in [0.25, 0.3) is 5.91 Å². The summed E-state index contributed by atoms with van der Waals surface area (Å²) in [4.78, 5) is 28.5. The van der Waals surface area contributed by atoms with E-state index in [-0.39, 0.29) is 17.3 Å². The predicted molar refractivity (Wildman–Crippen MR) is 86.5 cm³/mol. The zero-order valence-electron chi connectivity index (χ0n) is 11.5. The number of rotatable bonds is 5. The number of amides is 1. The van der Waals surface area contributed by atoms with Gasteiger partial charge in [-0.15, -0.1) is 11.3 Å². The topological polar surface area (TPSA) is 68.3 Å². The molecule has 0 aliphatic carbocycles. The molecule has 2 aromatic heterocycles. The van der Waals surface area contributed by atoms with E-state index < -0.39 is 18.0 Å². The number of esters is 1. The smallest absolute Gasteiger partial charge is 0.311 e. The second kappa shape index (κ2) is 7.58. The van der Waals surface area contributed by atoms with Crippen molar-refractivity contribution in [1.29, 1.82) is 0 Å². The molecule has 116 valence electrons. The SMILES string of the molecule is CC(OC(=O)Cc1cccs1)C(=O)Nc1ncc(Cl)cc1Cl. The zero-order valence-corrected chi connectivity index (χ0v) is 13.8. The van der Waals surface area contributed by atoms with Crippen LogP contribution in [0, 0.1) is 0 Å². The highest BCUT2D eigenvalue weighted by Crippen LogP contribution is 2.22. The van der Waals surface area contributed by atoms with Gasteiger partial charge in [0.2, 0.25) is 0 Å². The number of hydrogen-bond donors (Lipinski definition) is 1. The number of carbonyl (C=O) groups excluding carboxylic acids is 2. The Hall–Kier alpha value is -1.63. The summed E-state index contributed by atoms with van der Waals surface area (Å²) in [6.07, 6.45) is 0.534. The van der Waals surface area contributed by atoms with E-state index in [2.05, 4.69) is 10.3 Å². The minimum Gasteiger partial charge on any atom is -0.452 e. The molecule has 2 aromatic rings. The lowest BCUT2D eigenvalue weighted by molar-refractivity contribution is -0.152. The molecule has 1 unspecified atom stereocenters. The summed E-state index contributed by atoms with van der Waals surface area (Å²) in [7, 11) is 0. The largest absolute Gasteiger partial charge is 0.452 e. The van der Waals surface area contributed by atoms with Gasteiger partial charge in [0.15, 0.2) is 11.9 Å². The summed E-state index contributed by atoms with van der Waals surface area (Å²) in [5.41, 5.74) is 0.